The molecule has 0 atom stereocenters. The van der Waals surface area contributed by atoms with Crippen molar-refractivity contribution in [2.75, 3.05) is 13.9 Å². The zero-order valence-electron chi connectivity index (χ0n) is 15.3. The second kappa shape index (κ2) is 7.26. The van der Waals surface area contributed by atoms with Crippen LogP contribution in [0.4, 0.5) is 0 Å². The number of ether oxygens (including phenoxy) is 3. The van der Waals surface area contributed by atoms with Crippen molar-refractivity contribution >= 4 is 16.9 Å². The molecule has 7 heteroatoms. The lowest BCUT2D eigenvalue weighted by molar-refractivity contribution is -0.137. The Hall–Kier alpha value is -3.48. The molecule has 2 heterocycles. The van der Waals surface area contributed by atoms with Gasteiger partial charge in [-0.05, 0) is 48.4 Å². The summed E-state index contributed by atoms with van der Waals surface area (Å²) in [5, 5.41) is 9.77. The largest absolute Gasteiger partial charge is 0.497 e. The van der Waals surface area contributed by atoms with E-state index >= 15 is 0 Å². The van der Waals surface area contributed by atoms with E-state index in [0.717, 1.165) is 10.9 Å². The molecule has 0 saturated carbocycles. The molecule has 4 rings (SSSR count). The van der Waals surface area contributed by atoms with E-state index in [1.165, 1.54) is 0 Å². The third-order valence-corrected chi connectivity index (χ3v) is 4.76. The summed E-state index contributed by atoms with van der Waals surface area (Å²) < 4.78 is 17.7. The Labute approximate surface area is 160 Å². The molecule has 1 aliphatic heterocycles. The van der Waals surface area contributed by atoms with Crippen molar-refractivity contribution < 1.29 is 24.1 Å². The predicted molar refractivity (Wildman–Crippen MR) is 103 cm³/mol. The second-order valence-electron chi connectivity index (χ2n) is 6.50. The molecule has 28 heavy (non-hydrogen) atoms. The highest BCUT2D eigenvalue weighted by Crippen LogP contribution is 2.36. The number of aryl methyl sites for hydroxylation is 1. The SMILES string of the molecule is COc1ccc2c(c1)cc(-c1ccc3c(c1)OCO3)c(=O)n2CCCC(=O)O. The Morgan fingerprint density at radius 1 is 1.14 bits per heavy atom. The van der Waals surface area contributed by atoms with Crippen LogP contribution >= 0.6 is 0 Å². The van der Waals surface area contributed by atoms with Gasteiger partial charge in [0.2, 0.25) is 6.79 Å². The van der Waals surface area contributed by atoms with Crippen LogP contribution in [0.15, 0.2) is 47.3 Å². The average Bonchev–Trinajstić information content (AvgIpc) is 3.16. The molecular formula is C21H19NO6. The van der Waals surface area contributed by atoms with Gasteiger partial charge in [-0.25, -0.2) is 0 Å². The molecule has 7 nitrogen and oxygen atoms in total. The molecule has 0 radical (unpaired) electrons. The molecule has 3 aromatic rings. The summed E-state index contributed by atoms with van der Waals surface area (Å²) in [5.41, 5.74) is 1.78. The first-order valence-corrected chi connectivity index (χ1v) is 8.90. The number of fused-ring (bicyclic) bond motifs is 2. The topological polar surface area (TPSA) is 87.0 Å². The van der Waals surface area contributed by atoms with E-state index in [4.69, 9.17) is 19.3 Å². The molecule has 0 fully saturated rings. The van der Waals surface area contributed by atoms with E-state index in [1.807, 2.05) is 24.3 Å². The standard InChI is InChI=1S/C21H19NO6/c1-26-15-5-6-17-14(9-15)10-16(21(25)22(17)8-2-3-20(23)24)13-4-7-18-19(11-13)28-12-27-18/h4-7,9-11H,2-3,8,12H2,1H3,(H,23,24). The van der Waals surface area contributed by atoms with E-state index < -0.39 is 5.97 Å². The lowest BCUT2D eigenvalue weighted by Crippen LogP contribution is -2.22. The minimum atomic E-state index is -0.883. The van der Waals surface area contributed by atoms with Crippen molar-refractivity contribution in [2.45, 2.75) is 19.4 Å². The molecule has 0 unspecified atom stereocenters. The molecule has 144 valence electrons. The third-order valence-electron chi connectivity index (χ3n) is 4.76. The Kier molecular flexibility index (Phi) is 4.65. The highest BCUT2D eigenvalue weighted by atomic mass is 16.7. The molecule has 1 aromatic heterocycles. The molecule has 1 aliphatic rings. The quantitative estimate of drug-likeness (QED) is 0.705. The molecule has 0 bridgehead atoms. The summed E-state index contributed by atoms with van der Waals surface area (Å²) in [6, 6.07) is 12.7. The fourth-order valence-electron chi connectivity index (χ4n) is 3.37. The van der Waals surface area contributed by atoms with Crippen LogP contribution in [0.2, 0.25) is 0 Å². The number of aromatic nitrogens is 1. The molecular weight excluding hydrogens is 362 g/mol. The minimum absolute atomic E-state index is 0.00165. The van der Waals surface area contributed by atoms with Gasteiger partial charge in [-0.3, -0.25) is 9.59 Å². The fourth-order valence-corrected chi connectivity index (χ4v) is 3.37. The van der Waals surface area contributed by atoms with Crippen LogP contribution in [0.3, 0.4) is 0 Å². The summed E-state index contributed by atoms with van der Waals surface area (Å²) in [4.78, 5) is 24.1. The van der Waals surface area contributed by atoms with Crippen LogP contribution in [-0.2, 0) is 11.3 Å². The van der Waals surface area contributed by atoms with E-state index in [1.54, 1.807) is 29.9 Å². The first-order chi connectivity index (χ1) is 13.6. The maximum absolute atomic E-state index is 13.2. The average molecular weight is 381 g/mol. The number of benzene rings is 2. The number of carboxylic acids is 1. The van der Waals surface area contributed by atoms with Crippen molar-refractivity contribution in [3.8, 4) is 28.4 Å². The lowest BCUT2D eigenvalue weighted by Gasteiger charge is -2.14. The van der Waals surface area contributed by atoms with Gasteiger partial charge in [-0.1, -0.05) is 6.07 Å². The molecule has 0 aliphatic carbocycles. The smallest absolute Gasteiger partial charge is 0.303 e. The number of rotatable bonds is 6. The Bertz CT molecular complexity index is 1120. The number of carboxylic acid groups (broad SMARTS) is 1. The summed E-state index contributed by atoms with van der Waals surface area (Å²) >= 11 is 0. The van der Waals surface area contributed by atoms with Gasteiger partial charge in [0.05, 0.1) is 12.6 Å². The van der Waals surface area contributed by atoms with E-state index in [2.05, 4.69) is 0 Å². The highest BCUT2D eigenvalue weighted by Gasteiger charge is 2.17. The van der Waals surface area contributed by atoms with Gasteiger partial charge in [-0.2, -0.15) is 0 Å². The number of carbonyl (C=O) groups is 1. The maximum Gasteiger partial charge on any atom is 0.303 e. The zero-order chi connectivity index (χ0) is 19.7. The molecule has 0 amide bonds. The minimum Gasteiger partial charge on any atom is -0.497 e. The number of hydrogen-bond donors (Lipinski definition) is 1. The van der Waals surface area contributed by atoms with Gasteiger partial charge in [-0.15, -0.1) is 0 Å². The van der Waals surface area contributed by atoms with Crippen molar-refractivity contribution in [1.29, 1.82) is 0 Å². The second-order valence-corrected chi connectivity index (χ2v) is 6.50. The summed E-state index contributed by atoms with van der Waals surface area (Å²) in [6.45, 7) is 0.472. The van der Waals surface area contributed by atoms with Crippen LogP contribution in [0.5, 0.6) is 17.2 Å². The van der Waals surface area contributed by atoms with Crippen LogP contribution in [0, 0.1) is 0 Å². The van der Waals surface area contributed by atoms with Crippen molar-refractivity contribution in [1.82, 2.24) is 4.57 Å². The van der Waals surface area contributed by atoms with E-state index in [9.17, 15) is 9.59 Å². The van der Waals surface area contributed by atoms with Crippen LogP contribution in [-0.4, -0.2) is 29.5 Å². The summed E-state index contributed by atoms with van der Waals surface area (Å²) in [7, 11) is 1.59. The van der Waals surface area contributed by atoms with Gasteiger partial charge in [0.25, 0.3) is 5.56 Å². The number of aliphatic carboxylic acids is 1. The van der Waals surface area contributed by atoms with Crippen LogP contribution < -0.4 is 19.8 Å². The van der Waals surface area contributed by atoms with Crippen molar-refractivity contribution in [3.63, 3.8) is 0 Å². The number of pyridine rings is 1. The molecule has 0 spiro atoms. The molecule has 1 N–H and O–H groups in total. The van der Waals surface area contributed by atoms with Crippen molar-refractivity contribution in [2.24, 2.45) is 0 Å². The van der Waals surface area contributed by atoms with Crippen LogP contribution in [0.1, 0.15) is 12.8 Å². The number of methoxy groups -OCH3 is 1. The van der Waals surface area contributed by atoms with E-state index in [-0.39, 0.29) is 18.8 Å². The molecule has 2 aromatic carbocycles. The summed E-state index contributed by atoms with van der Waals surface area (Å²) in [6.07, 6.45) is 0.360. The first kappa shape index (κ1) is 17.9. The van der Waals surface area contributed by atoms with Crippen LogP contribution in [0.25, 0.3) is 22.0 Å². The van der Waals surface area contributed by atoms with Gasteiger partial charge < -0.3 is 23.9 Å². The van der Waals surface area contributed by atoms with E-state index in [0.29, 0.717) is 41.3 Å². The monoisotopic (exact) mass is 381 g/mol. The Balaban J connectivity index is 1.86. The Morgan fingerprint density at radius 2 is 1.96 bits per heavy atom. The zero-order valence-corrected chi connectivity index (χ0v) is 15.3. The highest BCUT2D eigenvalue weighted by molar-refractivity contribution is 5.85. The fraction of sp³-hybridized carbons (Fsp3) is 0.238. The van der Waals surface area contributed by atoms with Gasteiger partial charge in [0.15, 0.2) is 11.5 Å². The van der Waals surface area contributed by atoms with Gasteiger partial charge in [0.1, 0.15) is 5.75 Å². The first-order valence-electron chi connectivity index (χ1n) is 8.90. The number of nitrogens with zero attached hydrogens (tertiary/aromatic N) is 1. The van der Waals surface area contributed by atoms with Crippen molar-refractivity contribution in [3.05, 3.63) is 52.8 Å². The predicted octanol–water partition coefficient (Wildman–Crippen LogP) is 3.27. The normalized spacial score (nSPS) is 12.3. The number of hydrogen-bond acceptors (Lipinski definition) is 5. The lowest BCUT2D eigenvalue weighted by atomic mass is 10.0. The van der Waals surface area contributed by atoms with Gasteiger partial charge in [0, 0.05) is 23.9 Å². The maximum atomic E-state index is 13.2. The third kappa shape index (κ3) is 3.26. The van der Waals surface area contributed by atoms with Gasteiger partial charge >= 0.3 is 5.97 Å². The summed E-state index contributed by atoms with van der Waals surface area (Å²) in [5.74, 6) is 1.04. The Morgan fingerprint density at radius 3 is 2.75 bits per heavy atom. The molecule has 0 saturated heterocycles.